The van der Waals surface area contributed by atoms with Crippen molar-refractivity contribution >= 4 is 11.9 Å². The van der Waals surface area contributed by atoms with Crippen molar-refractivity contribution in [3.63, 3.8) is 0 Å². The van der Waals surface area contributed by atoms with Crippen molar-refractivity contribution < 1.29 is 19.8 Å². The Balaban J connectivity index is 3.60. The third kappa shape index (κ3) is 4.32. The zero-order valence-corrected chi connectivity index (χ0v) is 6.16. The Morgan fingerprint density at radius 1 is 1.55 bits per heavy atom. The molecule has 0 aromatic carbocycles. The lowest BCUT2D eigenvalue weighted by atomic mass is 10.2. The van der Waals surface area contributed by atoms with Crippen molar-refractivity contribution in [1.82, 2.24) is 5.32 Å². The highest BCUT2D eigenvalue weighted by atomic mass is 16.4. The van der Waals surface area contributed by atoms with Crippen LogP contribution in [0.5, 0.6) is 0 Å². The molecule has 2 N–H and O–H groups in total. The zero-order valence-electron chi connectivity index (χ0n) is 6.16. The Hall–Kier alpha value is -1.10. The van der Waals surface area contributed by atoms with E-state index in [1.165, 1.54) is 6.92 Å². The molecular formula is C6H10NO4. The second-order valence-corrected chi connectivity index (χ2v) is 2.18. The van der Waals surface area contributed by atoms with Crippen LogP contribution in [0.15, 0.2) is 0 Å². The van der Waals surface area contributed by atoms with E-state index in [-0.39, 0.29) is 0 Å². The average molecular weight is 160 g/mol. The number of carbonyl (C=O) groups excluding carboxylic acids is 1. The van der Waals surface area contributed by atoms with Crippen molar-refractivity contribution in [3.8, 4) is 0 Å². The third-order valence-electron chi connectivity index (χ3n) is 1.11. The van der Waals surface area contributed by atoms with Gasteiger partial charge in [-0.25, -0.2) is 5.11 Å². The molecule has 5 heteroatoms. The van der Waals surface area contributed by atoms with Crippen LogP contribution in [0.3, 0.4) is 0 Å². The van der Waals surface area contributed by atoms with E-state index >= 15 is 0 Å². The van der Waals surface area contributed by atoms with Gasteiger partial charge in [0.25, 0.3) is 0 Å². The first kappa shape index (κ1) is 9.90. The molecule has 0 aromatic rings. The van der Waals surface area contributed by atoms with Crippen molar-refractivity contribution in [2.24, 2.45) is 5.92 Å². The van der Waals surface area contributed by atoms with Gasteiger partial charge >= 0.3 is 5.97 Å². The van der Waals surface area contributed by atoms with Crippen LogP contribution in [0.4, 0.5) is 0 Å². The third-order valence-corrected chi connectivity index (χ3v) is 1.11. The smallest absolute Gasteiger partial charge is 0.322 e. The Bertz CT molecular complexity index is 157. The highest BCUT2D eigenvalue weighted by molar-refractivity contribution is 5.82. The van der Waals surface area contributed by atoms with Crippen LogP contribution in [0, 0.1) is 5.92 Å². The van der Waals surface area contributed by atoms with Gasteiger partial charge in [0.15, 0.2) is 0 Å². The van der Waals surface area contributed by atoms with E-state index in [0.29, 0.717) is 0 Å². The summed E-state index contributed by atoms with van der Waals surface area (Å²) in [5.74, 6) is -2.28. The van der Waals surface area contributed by atoms with Gasteiger partial charge in [-0.05, 0) is 0 Å². The number of rotatable bonds is 4. The first-order chi connectivity index (χ1) is 5.07. The Morgan fingerprint density at radius 2 is 2.09 bits per heavy atom. The molecule has 0 aliphatic carbocycles. The molecule has 11 heavy (non-hydrogen) atoms. The topological polar surface area (TPSA) is 86.3 Å². The summed E-state index contributed by atoms with van der Waals surface area (Å²) in [5, 5.41) is 20.3. The predicted molar refractivity (Wildman–Crippen MR) is 35.4 cm³/mol. The van der Waals surface area contributed by atoms with Crippen molar-refractivity contribution in [2.45, 2.75) is 6.92 Å². The van der Waals surface area contributed by atoms with E-state index in [1.54, 1.807) is 0 Å². The lowest BCUT2D eigenvalue weighted by molar-refractivity contribution is -0.138. The fraction of sp³-hybridized carbons (Fsp3) is 0.667. The summed E-state index contributed by atoms with van der Waals surface area (Å²) < 4.78 is 0. The molecule has 0 fully saturated rings. The monoisotopic (exact) mass is 160 g/mol. The fourth-order valence-electron chi connectivity index (χ4n) is 0.413. The first-order valence-electron chi connectivity index (χ1n) is 3.15. The lowest BCUT2D eigenvalue weighted by Gasteiger charge is -2.05. The first-order valence-corrected chi connectivity index (χ1v) is 3.15. The lowest BCUT2D eigenvalue weighted by Crippen LogP contribution is -2.34. The predicted octanol–water partition coefficient (Wildman–Crippen LogP) is -0.746. The normalized spacial score (nSPS) is 12.2. The second kappa shape index (κ2) is 4.68. The van der Waals surface area contributed by atoms with E-state index < -0.39 is 30.9 Å². The minimum atomic E-state index is -1.11. The summed E-state index contributed by atoms with van der Waals surface area (Å²) in [7, 11) is 0. The molecule has 1 amide bonds. The Labute approximate surface area is 64.0 Å². The maximum Gasteiger partial charge on any atom is 0.322 e. The van der Waals surface area contributed by atoms with E-state index in [9.17, 15) is 14.7 Å². The van der Waals surface area contributed by atoms with E-state index in [1.807, 2.05) is 0 Å². The van der Waals surface area contributed by atoms with Gasteiger partial charge in [0, 0.05) is 0 Å². The molecule has 1 radical (unpaired) electrons. The molecule has 0 aliphatic rings. The summed E-state index contributed by atoms with van der Waals surface area (Å²) in [6, 6.07) is 0. The van der Waals surface area contributed by atoms with E-state index in [0.717, 1.165) is 0 Å². The van der Waals surface area contributed by atoms with Gasteiger partial charge < -0.3 is 10.4 Å². The second-order valence-electron chi connectivity index (χ2n) is 2.18. The van der Waals surface area contributed by atoms with Crippen molar-refractivity contribution in [3.05, 3.63) is 0 Å². The summed E-state index contributed by atoms with van der Waals surface area (Å²) in [6.45, 7) is 0.499. The van der Waals surface area contributed by atoms with Gasteiger partial charge in [0.2, 0.25) is 5.91 Å². The highest BCUT2D eigenvalue weighted by Crippen LogP contribution is 1.90. The molecule has 5 nitrogen and oxygen atoms in total. The molecule has 63 valence electrons. The number of carbonyl (C=O) groups is 2. The Morgan fingerprint density at radius 3 is 2.45 bits per heavy atom. The quantitative estimate of drug-likeness (QED) is 0.567. The molecule has 0 saturated heterocycles. The van der Waals surface area contributed by atoms with Crippen LogP contribution in [-0.4, -0.2) is 30.1 Å². The van der Waals surface area contributed by atoms with Crippen LogP contribution in [0.1, 0.15) is 6.92 Å². The number of hydrogen-bond donors (Lipinski definition) is 2. The van der Waals surface area contributed by atoms with Gasteiger partial charge in [0.05, 0.1) is 12.5 Å². The van der Waals surface area contributed by atoms with Crippen LogP contribution in [0.2, 0.25) is 0 Å². The summed E-state index contributed by atoms with van der Waals surface area (Å²) in [6.07, 6.45) is 0. The Kier molecular flexibility index (Phi) is 4.21. The number of hydrogen-bond acceptors (Lipinski definition) is 2. The number of carboxylic acid groups (broad SMARTS) is 1. The summed E-state index contributed by atoms with van der Waals surface area (Å²) >= 11 is 0. The SMILES string of the molecule is CC(C[O])C(=O)NCC(=O)O. The average Bonchev–Trinajstić information content (AvgIpc) is 1.98. The van der Waals surface area contributed by atoms with Gasteiger partial charge in [-0.3, -0.25) is 9.59 Å². The molecule has 0 aliphatic heterocycles. The molecular weight excluding hydrogens is 150 g/mol. The fourth-order valence-corrected chi connectivity index (χ4v) is 0.413. The molecule has 0 rings (SSSR count). The minimum absolute atomic E-state index is 0.427. The van der Waals surface area contributed by atoms with Crippen molar-refractivity contribution in [2.75, 3.05) is 13.2 Å². The highest BCUT2D eigenvalue weighted by Gasteiger charge is 2.12. The minimum Gasteiger partial charge on any atom is -0.480 e. The number of carboxylic acids is 1. The molecule has 0 saturated carbocycles. The van der Waals surface area contributed by atoms with Crippen LogP contribution in [-0.2, 0) is 14.7 Å². The van der Waals surface area contributed by atoms with Gasteiger partial charge in [0.1, 0.15) is 6.54 Å². The molecule has 0 bridgehead atoms. The maximum atomic E-state index is 10.7. The van der Waals surface area contributed by atoms with Gasteiger partial charge in [-0.2, -0.15) is 0 Å². The van der Waals surface area contributed by atoms with Crippen molar-refractivity contribution in [1.29, 1.82) is 0 Å². The molecule has 0 spiro atoms. The molecule has 0 heterocycles. The van der Waals surface area contributed by atoms with Crippen LogP contribution >= 0.6 is 0 Å². The number of amides is 1. The summed E-state index contributed by atoms with van der Waals surface area (Å²) in [5.41, 5.74) is 0. The van der Waals surface area contributed by atoms with E-state index in [2.05, 4.69) is 5.32 Å². The molecule has 0 aromatic heterocycles. The van der Waals surface area contributed by atoms with Crippen LogP contribution in [0.25, 0.3) is 0 Å². The number of aliphatic carboxylic acids is 1. The van der Waals surface area contributed by atoms with Crippen LogP contribution < -0.4 is 5.32 Å². The molecule has 1 atom stereocenters. The summed E-state index contributed by atoms with van der Waals surface area (Å²) in [4.78, 5) is 20.6. The largest absolute Gasteiger partial charge is 0.480 e. The van der Waals surface area contributed by atoms with E-state index in [4.69, 9.17) is 5.11 Å². The zero-order chi connectivity index (χ0) is 8.85. The van der Waals surface area contributed by atoms with Gasteiger partial charge in [-0.1, -0.05) is 6.92 Å². The van der Waals surface area contributed by atoms with Gasteiger partial charge in [-0.15, -0.1) is 0 Å². The molecule has 1 unspecified atom stereocenters. The maximum absolute atomic E-state index is 10.7. The number of nitrogens with one attached hydrogen (secondary N) is 1. The standard InChI is InChI=1S/C6H10NO4/c1-4(3-8)6(11)7-2-5(9)10/h4H,2-3H2,1H3,(H,7,11)(H,9,10).